The molecule has 1 amide bonds. The van der Waals surface area contributed by atoms with Gasteiger partial charge in [-0.3, -0.25) is 9.69 Å². The number of hydrogen-bond donors (Lipinski definition) is 0. The Hall–Kier alpha value is -2.41. The third-order valence-electron chi connectivity index (χ3n) is 6.01. The number of hydrogen-bond acceptors (Lipinski definition) is 5. The van der Waals surface area contributed by atoms with Crippen LogP contribution in [0.3, 0.4) is 0 Å². The molecule has 190 valence electrons. The molecule has 1 aromatic rings. The Morgan fingerprint density at radius 1 is 1.09 bits per heavy atom. The van der Waals surface area contributed by atoms with Gasteiger partial charge in [0.15, 0.2) is 0 Å². The first-order valence-electron chi connectivity index (χ1n) is 12.5. The summed E-state index contributed by atoms with van der Waals surface area (Å²) in [5, 5.41) is 0. The molecule has 1 aromatic carbocycles. The first kappa shape index (κ1) is 27.8. The van der Waals surface area contributed by atoms with Gasteiger partial charge in [0.05, 0.1) is 6.61 Å². The van der Waals surface area contributed by atoms with Gasteiger partial charge in [-0.25, -0.2) is 9.18 Å². The minimum absolute atomic E-state index is 0.119. The quantitative estimate of drug-likeness (QED) is 0.524. The molecule has 2 aliphatic heterocycles. The van der Waals surface area contributed by atoms with Crippen molar-refractivity contribution in [3.05, 3.63) is 41.7 Å². The topological polar surface area (TPSA) is 59.1 Å². The van der Waals surface area contributed by atoms with Gasteiger partial charge in [0.1, 0.15) is 17.5 Å². The van der Waals surface area contributed by atoms with Crippen molar-refractivity contribution in [2.24, 2.45) is 5.92 Å². The Kier molecular flexibility index (Phi) is 10.5. The van der Waals surface area contributed by atoms with Crippen molar-refractivity contribution in [3.63, 3.8) is 0 Å². The van der Waals surface area contributed by atoms with Gasteiger partial charge >= 0.3 is 12.1 Å². The van der Waals surface area contributed by atoms with Crippen LogP contribution in [0.1, 0.15) is 66.4 Å². The number of carbonyl (C=O) groups is 2. The summed E-state index contributed by atoms with van der Waals surface area (Å²) in [4.78, 5) is 29.2. The van der Waals surface area contributed by atoms with Crippen LogP contribution in [0.4, 0.5) is 9.18 Å². The number of amides is 1. The van der Waals surface area contributed by atoms with E-state index in [1.807, 2.05) is 41.5 Å². The molecule has 1 fully saturated rings. The van der Waals surface area contributed by atoms with E-state index in [0.717, 1.165) is 31.4 Å². The number of rotatable bonds is 5. The fourth-order valence-corrected chi connectivity index (χ4v) is 4.46. The second-order valence-corrected chi connectivity index (χ2v) is 9.48. The monoisotopic (exact) mass is 476 g/mol. The average molecular weight is 477 g/mol. The highest BCUT2D eigenvalue weighted by Gasteiger charge is 2.38. The lowest BCUT2D eigenvalue weighted by Gasteiger charge is -2.41. The molecule has 2 heterocycles. The molecular formula is C27H41FN2O4. The predicted octanol–water partition coefficient (Wildman–Crippen LogP) is 5.52. The van der Waals surface area contributed by atoms with Crippen LogP contribution in [0.5, 0.6) is 0 Å². The Bertz CT molecular complexity index is 824. The first-order valence-corrected chi connectivity index (χ1v) is 12.5. The maximum atomic E-state index is 13.2. The summed E-state index contributed by atoms with van der Waals surface area (Å²) in [6.07, 6.45) is 4.08. The summed E-state index contributed by atoms with van der Waals surface area (Å²) in [6, 6.07) is 6.21. The predicted molar refractivity (Wildman–Crippen MR) is 133 cm³/mol. The lowest BCUT2D eigenvalue weighted by molar-refractivity contribution is -0.152. The van der Waals surface area contributed by atoms with E-state index in [9.17, 15) is 14.0 Å². The van der Waals surface area contributed by atoms with E-state index in [1.165, 1.54) is 17.7 Å². The molecule has 0 aromatic heterocycles. The van der Waals surface area contributed by atoms with Gasteiger partial charge in [0.2, 0.25) is 0 Å². The number of esters is 1. The number of ether oxygens (including phenoxy) is 2. The largest absolute Gasteiger partial charge is 0.465 e. The molecule has 1 unspecified atom stereocenters. The highest BCUT2D eigenvalue weighted by molar-refractivity contribution is 5.77. The smallest absolute Gasteiger partial charge is 0.410 e. The lowest BCUT2D eigenvalue weighted by Crippen LogP contribution is -2.52. The van der Waals surface area contributed by atoms with Crippen molar-refractivity contribution < 1.29 is 23.5 Å². The molecule has 1 atom stereocenters. The minimum Gasteiger partial charge on any atom is -0.465 e. The van der Waals surface area contributed by atoms with E-state index in [2.05, 4.69) is 11.0 Å². The Balaban J connectivity index is 0.00000199. The molecule has 2 aliphatic rings. The van der Waals surface area contributed by atoms with Crippen LogP contribution in [-0.4, -0.2) is 66.3 Å². The molecule has 0 N–H and O–H groups in total. The summed E-state index contributed by atoms with van der Waals surface area (Å²) in [7, 11) is 0. The summed E-state index contributed by atoms with van der Waals surface area (Å²) >= 11 is 0. The van der Waals surface area contributed by atoms with Gasteiger partial charge in [-0.05, 0) is 76.1 Å². The number of halogens is 1. The van der Waals surface area contributed by atoms with E-state index in [4.69, 9.17) is 9.47 Å². The zero-order valence-electron chi connectivity index (χ0n) is 21.6. The maximum absolute atomic E-state index is 13.2. The van der Waals surface area contributed by atoms with E-state index in [-0.39, 0.29) is 29.8 Å². The van der Waals surface area contributed by atoms with Gasteiger partial charge < -0.3 is 14.4 Å². The summed E-state index contributed by atoms with van der Waals surface area (Å²) in [5.41, 5.74) is 1.66. The van der Waals surface area contributed by atoms with E-state index in [0.29, 0.717) is 26.2 Å². The van der Waals surface area contributed by atoms with Crippen molar-refractivity contribution in [3.8, 4) is 0 Å². The van der Waals surface area contributed by atoms with Crippen molar-refractivity contribution in [1.82, 2.24) is 9.80 Å². The SMILES string of the molecule is CC.CCOC(=O)C(C1CCN(C(=O)OC(C)(C)C)CC1)N1CC=C(c2ccc(F)cc2)CC1. The molecule has 6 nitrogen and oxygen atoms in total. The minimum atomic E-state index is -0.524. The molecule has 0 radical (unpaired) electrons. The summed E-state index contributed by atoms with van der Waals surface area (Å²) < 4.78 is 24.2. The van der Waals surface area contributed by atoms with Crippen LogP contribution in [0.25, 0.3) is 5.57 Å². The van der Waals surface area contributed by atoms with E-state index in [1.54, 1.807) is 17.0 Å². The van der Waals surface area contributed by atoms with Crippen LogP contribution >= 0.6 is 0 Å². The molecule has 0 aliphatic carbocycles. The normalized spacial score (nSPS) is 18.3. The maximum Gasteiger partial charge on any atom is 0.410 e. The van der Waals surface area contributed by atoms with Gasteiger partial charge in [-0.1, -0.05) is 32.1 Å². The zero-order valence-corrected chi connectivity index (χ0v) is 21.6. The van der Waals surface area contributed by atoms with Crippen LogP contribution < -0.4 is 0 Å². The molecule has 3 rings (SSSR count). The van der Waals surface area contributed by atoms with Gasteiger partial charge in [-0.2, -0.15) is 0 Å². The van der Waals surface area contributed by atoms with Crippen LogP contribution in [0.15, 0.2) is 30.3 Å². The average Bonchev–Trinajstić information content (AvgIpc) is 2.81. The highest BCUT2D eigenvalue weighted by atomic mass is 19.1. The zero-order chi connectivity index (χ0) is 25.3. The number of piperidine rings is 1. The Labute approximate surface area is 204 Å². The fraction of sp³-hybridized carbons (Fsp3) is 0.630. The van der Waals surface area contributed by atoms with Crippen molar-refractivity contribution in [2.75, 3.05) is 32.8 Å². The van der Waals surface area contributed by atoms with Crippen molar-refractivity contribution in [2.45, 2.75) is 72.4 Å². The Morgan fingerprint density at radius 2 is 1.71 bits per heavy atom. The van der Waals surface area contributed by atoms with Crippen LogP contribution in [0.2, 0.25) is 0 Å². The van der Waals surface area contributed by atoms with Gasteiger partial charge in [0, 0.05) is 26.2 Å². The van der Waals surface area contributed by atoms with Gasteiger partial charge in [-0.15, -0.1) is 0 Å². The fourth-order valence-electron chi connectivity index (χ4n) is 4.46. The molecule has 7 heteroatoms. The first-order chi connectivity index (χ1) is 16.2. The number of carbonyl (C=O) groups excluding carboxylic acids is 2. The second-order valence-electron chi connectivity index (χ2n) is 9.48. The molecular weight excluding hydrogens is 435 g/mol. The third-order valence-corrected chi connectivity index (χ3v) is 6.01. The van der Waals surface area contributed by atoms with E-state index >= 15 is 0 Å². The standard InChI is InChI=1S/C25H35FN2O4.C2H6/c1-5-31-23(29)22(20-12-16-28(17-13-20)24(30)32-25(2,3)4)27-14-10-19(11-15-27)18-6-8-21(26)9-7-18;1-2/h6-10,20,22H,5,11-17H2,1-4H3;1-2H3. The van der Waals surface area contributed by atoms with Crippen molar-refractivity contribution in [1.29, 1.82) is 0 Å². The highest BCUT2D eigenvalue weighted by Crippen LogP contribution is 2.30. The van der Waals surface area contributed by atoms with Crippen LogP contribution in [0, 0.1) is 11.7 Å². The number of nitrogens with zero attached hydrogens (tertiary/aromatic N) is 2. The summed E-state index contributed by atoms with van der Waals surface area (Å²) in [6.45, 7) is 14.3. The number of likely N-dealkylation sites (tertiary alicyclic amines) is 1. The third kappa shape index (κ3) is 7.83. The lowest BCUT2D eigenvalue weighted by atomic mass is 9.87. The number of benzene rings is 1. The van der Waals surface area contributed by atoms with Crippen molar-refractivity contribution >= 4 is 17.6 Å². The molecule has 0 bridgehead atoms. The van der Waals surface area contributed by atoms with E-state index < -0.39 is 5.60 Å². The summed E-state index contributed by atoms with van der Waals surface area (Å²) in [5.74, 6) is -0.317. The molecule has 1 saturated heterocycles. The molecule has 34 heavy (non-hydrogen) atoms. The second kappa shape index (κ2) is 12.9. The van der Waals surface area contributed by atoms with Gasteiger partial charge in [0.25, 0.3) is 0 Å². The molecule has 0 saturated carbocycles. The molecule has 0 spiro atoms. The Morgan fingerprint density at radius 3 is 2.21 bits per heavy atom. The van der Waals surface area contributed by atoms with Crippen LogP contribution in [-0.2, 0) is 14.3 Å².